The van der Waals surface area contributed by atoms with Crippen LogP contribution in [0, 0.1) is 0 Å². The molecule has 0 spiro atoms. The van der Waals surface area contributed by atoms with Crippen LogP contribution in [0.4, 0.5) is 17.2 Å². The van der Waals surface area contributed by atoms with Gasteiger partial charge in [-0.25, -0.2) is 9.97 Å². The van der Waals surface area contributed by atoms with Crippen LogP contribution in [0.25, 0.3) is 0 Å². The lowest BCUT2D eigenvalue weighted by atomic mass is 10.2. The quantitative estimate of drug-likeness (QED) is 0.762. The number of amides is 1. The Kier molecular flexibility index (Phi) is 6.21. The van der Waals surface area contributed by atoms with Crippen LogP contribution in [0.15, 0.2) is 18.2 Å². The number of methoxy groups -OCH3 is 1. The van der Waals surface area contributed by atoms with Crippen LogP contribution in [-0.2, 0) is 6.42 Å². The zero-order chi connectivity index (χ0) is 20.3. The fourth-order valence-electron chi connectivity index (χ4n) is 3.11. The predicted octanol–water partition coefficient (Wildman–Crippen LogP) is 2.30. The molecule has 1 aromatic carbocycles. The first kappa shape index (κ1) is 20.2. The third-order valence-corrected chi connectivity index (χ3v) is 5.10. The van der Waals surface area contributed by atoms with Crippen LogP contribution in [0.2, 0.25) is 5.15 Å². The highest BCUT2D eigenvalue weighted by Gasteiger charge is 2.19. The molecule has 2 aromatic rings. The third-order valence-electron chi connectivity index (χ3n) is 4.79. The molecule has 0 unspecified atom stereocenters. The number of anilines is 3. The van der Waals surface area contributed by atoms with E-state index in [-0.39, 0.29) is 16.7 Å². The second kappa shape index (κ2) is 8.62. The number of nitrogens with one attached hydrogen (secondary N) is 1. The maximum Gasteiger partial charge on any atom is 0.271 e. The fraction of sp³-hybridized carbons (Fsp3) is 0.421. The number of likely N-dealkylation sites (N-methyl/N-ethyl adjacent to an activating group) is 1. The summed E-state index contributed by atoms with van der Waals surface area (Å²) in [6, 6.07) is 5.86. The molecule has 0 bridgehead atoms. The van der Waals surface area contributed by atoms with Gasteiger partial charge in [0.2, 0.25) is 0 Å². The van der Waals surface area contributed by atoms with Crippen LogP contribution in [-0.4, -0.2) is 61.1 Å². The monoisotopic (exact) mass is 404 g/mol. The summed E-state index contributed by atoms with van der Waals surface area (Å²) in [5.41, 5.74) is 7.78. The second-order valence-electron chi connectivity index (χ2n) is 6.68. The molecule has 0 saturated carbocycles. The molecule has 8 nitrogen and oxygen atoms in total. The average Bonchev–Trinajstić information content (AvgIpc) is 2.69. The van der Waals surface area contributed by atoms with Crippen LogP contribution >= 0.6 is 11.6 Å². The summed E-state index contributed by atoms with van der Waals surface area (Å²) in [4.78, 5) is 25.0. The zero-order valence-electron chi connectivity index (χ0n) is 16.3. The number of aromatic nitrogens is 2. The summed E-state index contributed by atoms with van der Waals surface area (Å²) in [6.07, 6.45) is 0.551. The van der Waals surface area contributed by atoms with Crippen molar-refractivity contribution in [2.45, 2.75) is 13.3 Å². The number of rotatable bonds is 6. The molecule has 1 amide bonds. The average molecular weight is 405 g/mol. The lowest BCUT2D eigenvalue weighted by molar-refractivity contribution is 0.0996. The number of hydrogen-bond acceptors (Lipinski definition) is 7. The maximum atomic E-state index is 11.8. The highest BCUT2D eigenvalue weighted by atomic mass is 35.5. The number of ether oxygens (including phenoxy) is 1. The molecule has 28 heavy (non-hydrogen) atoms. The van der Waals surface area contributed by atoms with Gasteiger partial charge in [-0.15, -0.1) is 0 Å². The van der Waals surface area contributed by atoms with Gasteiger partial charge in [0.1, 0.15) is 5.75 Å². The van der Waals surface area contributed by atoms with E-state index in [1.54, 1.807) is 7.11 Å². The first-order chi connectivity index (χ1) is 13.4. The Morgan fingerprint density at radius 2 is 2.00 bits per heavy atom. The molecule has 3 rings (SSSR count). The van der Waals surface area contributed by atoms with E-state index in [2.05, 4.69) is 32.1 Å². The van der Waals surface area contributed by atoms with E-state index >= 15 is 0 Å². The van der Waals surface area contributed by atoms with E-state index in [1.807, 2.05) is 25.1 Å². The van der Waals surface area contributed by atoms with Crippen molar-refractivity contribution in [3.05, 3.63) is 34.7 Å². The Labute approximate surface area is 169 Å². The van der Waals surface area contributed by atoms with Crippen LogP contribution in [0.5, 0.6) is 5.75 Å². The molecule has 0 radical (unpaired) electrons. The van der Waals surface area contributed by atoms with Crippen molar-refractivity contribution in [1.82, 2.24) is 14.9 Å². The van der Waals surface area contributed by atoms with Gasteiger partial charge in [-0.1, -0.05) is 18.5 Å². The molecular formula is C19H25ClN6O2. The number of aryl methyl sites for hydroxylation is 1. The topological polar surface area (TPSA) is 96.6 Å². The lowest BCUT2D eigenvalue weighted by Gasteiger charge is -2.34. The Balaban J connectivity index is 1.90. The van der Waals surface area contributed by atoms with Crippen LogP contribution < -0.4 is 20.7 Å². The summed E-state index contributed by atoms with van der Waals surface area (Å²) in [7, 11) is 3.72. The highest BCUT2D eigenvalue weighted by Crippen LogP contribution is 2.33. The zero-order valence-corrected chi connectivity index (χ0v) is 17.1. The smallest absolute Gasteiger partial charge is 0.271 e. The van der Waals surface area contributed by atoms with Gasteiger partial charge < -0.3 is 25.6 Å². The lowest BCUT2D eigenvalue weighted by Crippen LogP contribution is -2.44. The molecule has 1 aliphatic heterocycles. The largest absolute Gasteiger partial charge is 0.494 e. The number of hydrogen-bond donors (Lipinski definition) is 2. The van der Waals surface area contributed by atoms with Crippen molar-refractivity contribution < 1.29 is 9.53 Å². The molecule has 2 heterocycles. The van der Waals surface area contributed by atoms with E-state index in [0.29, 0.717) is 23.6 Å². The van der Waals surface area contributed by atoms with Crippen molar-refractivity contribution >= 4 is 34.7 Å². The first-order valence-corrected chi connectivity index (χ1v) is 9.55. The van der Waals surface area contributed by atoms with Gasteiger partial charge in [-0.05, 0) is 25.6 Å². The molecular weight excluding hydrogens is 380 g/mol. The minimum atomic E-state index is -0.672. The van der Waals surface area contributed by atoms with E-state index < -0.39 is 5.91 Å². The number of nitrogens with zero attached hydrogens (tertiary/aromatic N) is 4. The van der Waals surface area contributed by atoms with Crippen molar-refractivity contribution in [2.75, 3.05) is 50.6 Å². The molecule has 1 saturated heterocycles. The van der Waals surface area contributed by atoms with Crippen molar-refractivity contribution in [3.63, 3.8) is 0 Å². The maximum absolute atomic E-state index is 11.8. The highest BCUT2D eigenvalue weighted by molar-refractivity contribution is 6.30. The van der Waals surface area contributed by atoms with Gasteiger partial charge in [0, 0.05) is 37.9 Å². The van der Waals surface area contributed by atoms with Gasteiger partial charge in [0.05, 0.1) is 18.5 Å². The Hall–Kier alpha value is -2.58. The SMILES string of the molecule is CCc1nc(C(N)=O)c(Nc2ccc(N3CCN(C)CC3)cc2OC)nc1Cl. The summed E-state index contributed by atoms with van der Waals surface area (Å²) < 4.78 is 5.55. The third kappa shape index (κ3) is 4.28. The van der Waals surface area contributed by atoms with Crippen molar-refractivity contribution in [2.24, 2.45) is 5.73 Å². The molecule has 0 atom stereocenters. The number of halogens is 1. The standard InChI is InChI=1S/C19H25ClN6O2/c1-4-13-17(20)24-19(16(22-13)18(21)27)23-14-6-5-12(11-15(14)28-3)26-9-7-25(2)8-10-26/h5-6,11H,4,7-10H2,1-3H3,(H2,21,27)(H,23,24). The van der Waals surface area contributed by atoms with Gasteiger partial charge in [0.15, 0.2) is 16.7 Å². The number of carbonyl (C=O) groups is 1. The van der Waals surface area contributed by atoms with E-state index in [0.717, 1.165) is 31.9 Å². The second-order valence-corrected chi connectivity index (χ2v) is 7.03. The molecule has 1 aliphatic rings. The molecule has 3 N–H and O–H groups in total. The predicted molar refractivity (Wildman–Crippen MR) is 111 cm³/mol. The molecule has 9 heteroatoms. The fourth-order valence-corrected chi connectivity index (χ4v) is 3.37. The summed E-state index contributed by atoms with van der Waals surface area (Å²) >= 11 is 6.18. The van der Waals surface area contributed by atoms with Crippen molar-refractivity contribution in [1.29, 1.82) is 0 Å². The van der Waals surface area contributed by atoms with Gasteiger partial charge in [-0.3, -0.25) is 4.79 Å². The van der Waals surface area contributed by atoms with Crippen LogP contribution in [0.1, 0.15) is 23.1 Å². The van der Waals surface area contributed by atoms with E-state index in [9.17, 15) is 4.79 Å². The number of nitrogens with two attached hydrogens (primary N) is 1. The van der Waals surface area contributed by atoms with Crippen molar-refractivity contribution in [3.8, 4) is 5.75 Å². The van der Waals surface area contributed by atoms with E-state index in [4.69, 9.17) is 22.1 Å². The number of primary amides is 1. The summed E-state index contributed by atoms with van der Waals surface area (Å²) in [5, 5.41) is 3.33. The molecule has 150 valence electrons. The number of benzene rings is 1. The normalized spacial score (nSPS) is 14.8. The number of carbonyl (C=O) groups excluding carboxylic acids is 1. The molecule has 1 aromatic heterocycles. The van der Waals surface area contributed by atoms with Gasteiger partial charge >= 0.3 is 0 Å². The molecule has 1 fully saturated rings. The summed E-state index contributed by atoms with van der Waals surface area (Å²) in [6.45, 7) is 5.83. The number of piperazine rings is 1. The Bertz CT molecular complexity index is 868. The van der Waals surface area contributed by atoms with E-state index in [1.165, 1.54) is 0 Å². The Morgan fingerprint density at radius 1 is 1.29 bits per heavy atom. The first-order valence-electron chi connectivity index (χ1n) is 9.17. The minimum Gasteiger partial charge on any atom is -0.494 e. The summed E-state index contributed by atoms with van der Waals surface area (Å²) in [5.74, 6) is 0.166. The minimum absolute atomic E-state index is 0.0476. The van der Waals surface area contributed by atoms with Gasteiger partial charge in [0.25, 0.3) is 5.91 Å². The van der Waals surface area contributed by atoms with Gasteiger partial charge in [-0.2, -0.15) is 0 Å². The van der Waals surface area contributed by atoms with Crippen LogP contribution in [0.3, 0.4) is 0 Å². The Morgan fingerprint density at radius 3 is 2.61 bits per heavy atom. The molecule has 0 aliphatic carbocycles.